The molecular weight excluding hydrogens is 502 g/mol. The second kappa shape index (κ2) is 9.49. The number of halogens is 2. The molecule has 5 nitrogen and oxygen atoms in total. The summed E-state index contributed by atoms with van der Waals surface area (Å²) in [5.41, 5.74) is 1.82. The molecule has 1 aliphatic rings. The van der Waals surface area contributed by atoms with E-state index in [1.54, 1.807) is 29.0 Å². The van der Waals surface area contributed by atoms with Crippen molar-refractivity contribution in [1.29, 1.82) is 5.26 Å². The molecule has 2 heterocycles. The van der Waals surface area contributed by atoms with Gasteiger partial charge in [0.05, 0.1) is 5.52 Å². The number of Topliss-reactive ketones (excluding diaryl/α,β-unsaturated/α-hetero) is 1. The van der Waals surface area contributed by atoms with Crippen LogP contribution in [0.2, 0.25) is 0 Å². The summed E-state index contributed by atoms with van der Waals surface area (Å²) < 4.78 is 16.7. The van der Waals surface area contributed by atoms with E-state index in [1.165, 1.54) is 21.4 Å². The zero-order valence-electron chi connectivity index (χ0n) is 16.8. The highest BCUT2D eigenvalue weighted by molar-refractivity contribution is 14.2. The Bertz CT molecular complexity index is 987. The monoisotopic (exact) mass is 526 g/mol. The number of fused-ring (bicyclic) bond motifs is 1. The van der Waals surface area contributed by atoms with E-state index in [0.29, 0.717) is 11.2 Å². The first kappa shape index (κ1) is 22.1. The van der Waals surface area contributed by atoms with E-state index in [4.69, 9.17) is 0 Å². The van der Waals surface area contributed by atoms with Crippen LogP contribution >= 0.6 is 30.3 Å². The van der Waals surface area contributed by atoms with E-state index in [2.05, 4.69) is 33.0 Å². The van der Waals surface area contributed by atoms with Gasteiger partial charge in [-0.25, -0.2) is 4.39 Å². The van der Waals surface area contributed by atoms with Crippen LogP contribution in [0, 0.1) is 17.1 Å². The average molecular weight is 526 g/mol. The highest BCUT2D eigenvalue weighted by Gasteiger charge is 2.25. The van der Waals surface area contributed by atoms with Gasteiger partial charge >= 0.3 is 0 Å². The van der Waals surface area contributed by atoms with Crippen LogP contribution in [-0.2, 0) is 0 Å². The van der Waals surface area contributed by atoms with Gasteiger partial charge in [-0.2, -0.15) is 5.26 Å². The van der Waals surface area contributed by atoms with Crippen LogP contribution in [-0.4, -0.2) is 53.3 Å². The van der Waals surface area contributed by atoms with Crippen LogP contribution < -0.4 is 0 Å². The Morgan fingerprint density at radius 1 is 1.38 bits per heavy atom. The molecule has 1 aromatic carbocycles. The molecule has 3 rings (SSSR count). The van der Waals surface area contributed by atoms with Crippen LogP contribution in [0.4, 0.5) is 4.39 Å². The lowest BCUT2D eigenvalue weighted by molar-refractivity contribution is 0.103. The minimum absolute atomic E-state index is 0.0529. The minimum Gasteiger partial charge on any atom is -0.382 e. The Hall–Kier alpha value is -1.57. The van der Waals surface area contributed by atoms with Crippen molar-refractivity contribution in [2.45, 2.75) is 25.7 Å². The summed E-state index contributed by atoms with van der Waals surface area (Å²) in [6.07, 6.45) is 3.39. The fourth-order valence-corrected chi connectivity index (χ4v) is 5.58. The molecule has 0 saturated carbocycles. The molecule has 154 valence electrons. The lowest BCUT2D eigenvalue weighted by atomic mass is 9.88. The van der Waals surface area contributed by atoms with Crippen molar-refractivity contribution in [3.05, 3.63) is 47.0 Å². The summed E-state index contributed by atoms with van der Waals surface area (Å²) in [7, 11) is 4.83. The highest BCUT2D eigenvalue weighted by atomic mass is 127. The number of hydrogen-bond donors (Lipinski definition) is 0. The molecule has 1 saturated heterocycles. The number of hydrogen-bond acceptors (Lipinski definition) is 5. The van der Waals surface area contributed by atoms with E-state index < -0.39 is 0 Å². The summed E-state index contributed by atoms with van der Waals surface area (Å²) in [4.78, 5) is 17.0. The number of likely N-dealkylation sites (tertiary alicyclic amines) is 1. The van der Waals surface area contributed by atoms with Crippen molar-refractivity contribution in [3.63, 3.8) is 0 Å². The largest absolute Gasteiger partial charge is 0.382 e. The van der Waals surface area contributed by atoms with E-state index >= 15 is 4.39 Å². The number of ketones is 1. The second-order valence-corrected chi connectivity index (χ2v) is 9.17. The number of nitrogens with zero attached hydrogens (tertiary/aromatic N) is 4. The van der Waals surface area contributed by atoms with Gasteiger partial charge in [0.2, 0.25) is 5.78 Å². The van der Waals surface area contributed by atoms with Gasteiger partial charge in [-0.3, -0.25) is 8.77 Å². The predicted molar refractivity (Wildman–Crippen MR) is 125 cm³/mol. The maximum Gasteiger partial charge on any atom is 0.222 e. The van der Waals surface area contributed by atoms with Gasteiger partial charge in [-0.05, 0) is 62.2 Å². The van der Waals surface area contributed by atoms with Crippen molar-refractivity contribution >= 4 is 47.0 Å². The first-order valence-corrected chi connectivity index (χ1v) is 12.9. The summed E-state index contributed by atoms with van der Waals surface area (Å²) in [5.74, 6) is -0.388. The number of carbonyl (C=O) groups excluding carboxylic acids is 1. The molecule has 8 heteroatoms. The predicted octanol–water partition coefficient (Wildman–Crippen LogP) is 4.98. The molecule has 0 unspecified atom stereocenters. The van der Waals surface area contributed by atoms with Crippen LogP contribution in [0.25, 0.3) is 10.9 Å². The standard InChI is InChI=1S/C21H24FIN4OS/c1-4-26-7-5-14(6-8-26)17-9-15-10-20(21(28)16(12-24)13-25(2)3)27(29-23)19(15)11-18(17)22/h9-11,13-14H,4-8H2,1-3H3/b16-13+. The van der Waals surface area contributed by atoms with Gasteiger partial charge in [0, 0.05) is 56.0 Å². The van der Waals surface area contributed by atoms with Crippen molar-refractivity contribution in [2.24, 2.45) is 0 Å². The Balaban J connectivity index is 2.02. The van der Waals surface area contributed by atoms with Gasteiger partial charge in [0.1, 0.15) is 23.2 Å². The number of piperidine rings is 1. The van der Waals surface area contributed by atoms with Crippen LogP contribution in [0.15, 0.2) is 30.0 Å². The number of benzene rings is 1. The van der Waals surface area contributed by atoms with Crippen LogP contribution in [0.3, 0.4) is 0 Å². The van der Waals surface area contributed by atoms with Crippen molar-refractivity contribution < 1.29 is 9.18 Å². The Morgan fingerprint density at radius 2 is 2.07 bits per heavy atom. The molecule has 29 heavy (non-hydrogen) atoms. The summed E-state index contributed by atoms with van der Waals surface area (Å²) in [6.45, 7) is 5.13. The van der Waals surface area contributed by atoms with Gasteiger partial charge in [-0.1, -0.05) is 6.92 Å². The first-order valence-electron chi connectivity index (χ1n) is 9.59. The fraction of sp³-hybridized carbons (Fsp3) is 0.429. The molecule has 1 fully saturated rings. The number of carbonyl (C=O) groups is 1. The fourth-order valence-electron chi connectivity index (χ4n) is 3.86. The summed E-state index contributed by atoms with van der Waals surface area (Å²) >= 11 is 2.07. The third-order valence-corrected chi connectivity index (χ3v) is 7.12. The lowest BCUT2D eigenvalue weighted by Gasteiger charge is -2.31. The third kappa shape index (κ3) is 4.62. The normalized spacial score (nSPS) is 16.2. The van der Waals surface area contributed by atoms with Gasteiger partial charge in [0.25, 0.3) is 0 Å². The minimum atomic E-state index is -0.361. The Morgan fingerprint density at radius 3 is 2.62 bits per heavy atom. The molecule has 0 bridgehead atoms. The smallest absolute Gasteiger partial charge is 0.222 e. The molecule has 0 aliphatic carbocycles. The summed E-state index contributed by atoms with van der Waals surface area (Å²) in [5, 5.41) is 10.2. The number of nitriles is 1. The Labute approximate surface area is 187 Å². The highest BCUT2D eigenvalue weighted by Crippen LogP contribution is 2.36. The molecule has 0 atom stereocenters. The average Bonchev–Trinajstić information content (AvgIpc) is 3.08. The lowest BCUT2D eigenvalue weighted by Crippen LogP contribution is -2.32. The van der Waals surface area contributed by atoms with Gasteiger partial charge < -0.3 is 9.80 Å². The maximum atomic E-state index is 15.0. The quantitative estimate of drug-likeness (QED) is 0.230. The SMILES string of the molecule is CCN1CCC(c2cc3cc(C(=O)/C(C#N)=C/N(C)C)n(SI)c3cc2F)CC1. The molecule has 2 aromatic rings. The van der Waals surface area contributed by atoms with Crippen LogP contribution in [0.1, 0.15) is 41.7 Å². The molecule has 0 N–H and O–H groups in total. The number of aromatic nitrogens is 1. The van der Waals surface area contributed by atoms with Crippen molar-refractivity contribution in [3.8, 4) is 6.07 Å². The van der Waals surface area contributed by atoms with Crippen LogP contribution in [0.5, 0.6) is 0 Å². The van der Waals surface area contributed by atoms with Gasteiger partial charge in [-0.15, -0.1) is 0 Å². The molecule has 0 spiro atoms. The molecule has 1 aromatic heterocycles. The second-order valence-electron chi connectivity index (χ2n) is 7.48. The van der Waals surface area contributed by atoms with Gasteiger partial charge in [0.15, 0.2) is 0 Å². The van der Waals surface area contributed by atoms with Crippen molar-refractivity contribution in [2.75, 3.05) is 33.7 Å². The zero-order chi connectivity index (χ0) is 21.1. The van der Waals surface area contributed by atoms with E-state index in [-0.39, 0.29) is 23.1 Å². The topological polar surface area (TPSA) is 52.3 Å². The number of rotatable bonds is 6. The molecule has 1 aliphatic heterocycles. The number of allylic oxidation sites excluding steroid dienone is 1. The first-order chi connectivity index (χ1) is 13.9. The molecule has 0 amide bonds. The van der Waals surface area contributed by atoms with E-state index in [0.717, 1.165) is 43.4 Å². The van der Waals surface area contributed by atoms with Crippen molar-refractivity contribution in [1.82, 2.24) is 13.8 Å². The molecular formula is C21H24FIN4OS. The zero-order valence-corrected chi connectivity index (χ0v) is 19.8. The van der Waals surface area contributed by atoms with E-state index in [9.17, 15) is 10.1 Å². The Kier molecular flexibility index (Phi) is 7.24. The third-order valence-electron chi connectivity index (χ3n) is 5.40. The molecule has 0 radical (unpaired) electrons. The maximum absolute atomic E-state index is 15.0. The van der Waals surface area contributed by atoms with E-state index in [1.807, 2.05) is 12.1 Å². The summed E-state index contributed by atoms with van der Waals surface area (Å²) in [6, 6.07) is 7.17.